The third-order valence-corrected chi connectivity index (χ3v) is 3.86. The van der Waals surface area contributed by atoms with Gasteiger partial charge in [0.15, 0.2) is 5.78 Å². The second-order valence-electron chi connectivity index (χ2n) is 4.54. The smallest absolute Gasteiger partial charge is 0.199 e. The summed E-state index contributed by atoms with van der Waals surface area (Å²) in [6.45, 7) is 0. The van der Waals surface area contributed by atoms with E-state index in [4.69, 9.17) is 27.9 Å². The van der Waals surface area contributed by atoms with Gasteiger partial charge in [-0.1, -0.05) is 29.3 Å². The number of H-pyrrole nitrogens is 1. The molecule has 0 bridgehead atoms. The number of fused-ring (bicyclic) bond motifs is 1. The van der Waals surface area contributed by atoms with Gasteiger partial charge in [-0.05, 0) is 30.3 Å². The Kier molecular flexibility index (Phi) is 3.62. The van der Waals surface area contributed by atoms with Crippen LogP contribution < -0.4 is 4.74 Å². The number of ketones is 1. The molecule has 0 aliphatic rings. The lowest BCUT2D eigenvalue weighted by molar-refractivity contribution is 0.103. The van der Waals surface area contributed by atoms with Gasteiger partial charge < -0.3 is 9.72 Å². The van der Waals surface area contributed by atoms with E-state index in [2.05, 4.69) is 4.98 Å². The number of ether oxygens (including phenoxy) is 1. The van der Waals surface area contributed by atoms with Crippen molar-refractivity contribution in [3.05, 3.63) is 63.8 Å². The maximum atomic E-state index is 12.8. The first-order valence-electron chi connectivity index (χ1n) is 6.25. The number of aromatic amines is 1. The summed E-state index contributed by atoms with van der Waals surface area (Å²) >= 11 is 12.2. The van der Waals surface area contributed by atoms with Crippen LogP contribution in [0.3, 0.4) is 0 Å². The molecule has 3 rings (SSSR count). The summed E-state index contributed by atoms with van der Waals surface area (Å²) in [5.74, 6) is 0.291. The molecular weight excluding hydrogens is 309 g/mol. The lowest BCUT2D eigenvalue weighted by atomic mass is 10.0. The van der Waals surface area contributed by atoms with Crippen LogP contribution in [0.2, 0.25) is 10.0 Å². The second-order valence-corrected chi connectivity index (χ2v) is 5.38. The summed E-state index contributed by atoms with van der Waals surface area (Å²) in [5, 5.41) is 1.70. The van der Waals surface area contributed by atoms with Gasteiger partial charge >= 0.3 is 0 Å². The molecule has 0 saturated carbocycles. The lowest BCUT2D eigenvalue weighted by Crippen LogP contribution is -2.03. The number of benzene rings is 2. The quantitative estimate of drug-likeness (QED) is 0.710. The Balaban J connectivity index is 2.20. The van der Waals surface area contributed by atoms with E-state index in [0.717, 1.165) is 5.52 Å². The summed E-state index contributed by atoms with van der Waals surface area (Å²) < 4.78 is 5.24. The molecule has 0 atom stereocenters. The maximum Gasteiger partial charge on any atom is 0.199 e. The maximum absolute atomic E-state index is 12.8. The molecule has 0 amide bonds. The number of halogens is 2. The first-order chi connectivity index (χ1) is 10.1. The van der Waals surface area contributed by atoms with Crippen molar-refractivity contribution in [2.24, 2.45) is 0 Å². The van der Waals surface area contributed by atoms with Crippen molar-refractivity contribution in [3.63, 3.8) is 0 Å². The van der Waals surface area contributed by atoms with Crippen molar-refractivity contribution in [1.29, 1.82) is 0 Å². The van der Waals surface area contributed by atoms with E-state index in [1.165, 1.54) is 7.11 Å². The van der Waals surface area contributed by atoms with Crippen LogP contribution in [0.25, 0.3) is 10.9 Å². The van der Waals surface area contributed by atoms with Crippen LogP contribution in [0, 0.1) is 0 Å². The minimum Gasteiger partial charge on any atom is -0.496 e. The summed E-state index contributed by atoms with van der Waals surface area (Å²) in [7, 11) is 1.52. The zero-order chi connectivity index (χ0) is 15.0. The number of methoxy groups -OCH3 is 1. The molecule has 0 fully saturated rings. The second kappa shape index (κ2) is 5.43. The Hall–Kier alpha value is -1.97. The molecule has 106 valence electrons. The fraction of sp³-hybridized carbons (Fsp3) is 0.0625. The van der Waals surface area contributed by atoms with Crippen molar-refractivity contribution >= 4 is 39.9 Å². The largest absolute Gasteiger partial charge is 0.496 e. The van der Waals surface area contributed by atoms with Gasteiger partial charge in [0.05, 0.1) is 17.7 Å². The van der Waals surface area contributed by atoms with Crippen LogP contribution >= 0.6 is 23.2 Å². The Morgan fingerprint density at radius 1 is 1.14 bits per heavy atom. The Morgan fingerprint density at radius 3 is 2.71 bits per heavy atom. The molecule has 0 radical (unpaired) electrons. The van der Waals surface area contributed by atoms with Crippen LogP contribution in [0.15, 0.2) is 42.6 Å². The van der Waals surface area contributed by atoms with E-state index < -0.39 is 0 Å². The number of carbonyl (C=O) groups is 1. The van der Waals surface area contributed by atoms with Gasteiger partial charge in [-0.15, -0.1) is 0 Å². The SMILES string of the molecule is COc1ccc(Cl)cc1C(=O)c1c[nH]c2cccc(Cl)c12. The number of hydrogen-bond donors (Lipinski definition) is 1. The van der Waals surface area contributed by atoms with Crippen molar-refractivity contribution in [2.75, 3.05) is 7.11 Å². The normalized spacial score (nSPS) is 10.8. The first kappa shape index (κ1) is 14.0. The van der Waals surface area contributed by atoms with Gasteiger partial charge in [0.25, 0.3) is 0 Å². The highest BCUT2D eigenvalue weighted by Gasteiger charge is 2.19. The Morgan fingerprint density at radius 2 is 1.95 bits per heavy atom. The first-order valence-corrected chi connectivity index (χ1v) is 7.01. The predicted octanol–water partition coefficient (Wildman–Crippen LogP) is 4.71. The lowest BCUT2D eigenvalue weighted by Gasteiger charge is -2.08. The van der Waals surface area contributed by atoms with Crippen molar-refractivity contribution in [2.45, 2.75) is 0 Å². The zero-order valence-corrected chi connectivity index (χ0v) is 12.6. The molecule has 0 aliphatic carbocycles. The van der Waals surface area contributed by atoms with E-state index >= 15 is 0 Å². The van der Waals surface area contributed by atoms with E-state index in [1.54, 1.807) is 30.5 Å². The van der Waals surface area contributed by atoms with Gasteiger partial charge in [-0.3, -0.25) is 4.79 Å². The molecule has 21 heavy (non-hydrogen) atoms. The van der Waals surface area contributed by atoms with E-state index in [9.17, 15) is 4.79 Å². The van der Waals surface area contributed by atoms with Crippen molar-refractivity contribution < 1.29 is 9.53 Å². The average Bonchev–Trinajstić information content (AvgIpc) is 2.92. The summed E-state index contributed by atoms with van der Waals surface area (Å²) in [4.78, 5) is 15.8. The van der Waals surface area contributed by atoms with Crippen LogP contribution in [0.4, 0.5) is 0 Å². The zero-order valence-electron chi connectivity index (χ0n) is 11.1. The molecule has 0 saturated heterocycles. The Labute approximate surface area is 131 Å². The highest BCUT2D eigenvalue weighted by atomic mass is 35.5. The summed E-state index contributed by atoms with van der Waals surface area (Å²) in [6, 6.07) is 10.4. The third-order valence-electron chi connectivity index (χ3n) is 3.31. The molecule has 0 spiro atoms. The molecule has 3 nitrogen and oxygen atoms in total. The number of aromatic nitrogens is 1. The summed E-state index contributed by atoms with van der Waals surface area (Å²) in [6.07, 6.45) is 1.65. The summed E-state index contributed by atoms with van der Waals surface area (Å²) in [5.41, 5.74) is 1.72. The molecule has 1 heterocycles. The predicted molar refractivity (Wildman–Crippen MR) is 84.7 cm³/mol. The molecular formula is C16H11Cl2NO2. The molecule has 0 aliphatic heterocycles. The molecule has 1 aromatic heterocycles. The van der Waals surface area contributed by atoms with Gasteiger partial charge in [-0.2, -0.15) is 0 Å². The van der Waals surface area contributed by atoms with Gasteiger partial charge in [-0.25, -0.2) is 0 Å². The molecule has 3 aromatic rings. The van der Waals surface area contributed by atoms with Crippen molar-refractivity contribution in [3.8, 4) is 5.75 Å². The minimum atomic E-state index is -0.186. The highest BCUT2D eigenvalue weighted by molar-refractivity contribution is 6.37. The van der Waals surface area contributed by atoms with Crippen LogP contribution in [-0.2, 0) is 0 Å². The Bertz CT molecular complexity index is 839. The number of hydrogen-bond acceptors (Lipinski definition) is 2. The van der Waals surface area contributed by atoms with E-state index in [1.807, 2.05) is 12.1 Å². The fourth-order valence-corrected chi connectivity index (χ4v) is 2.77. The molecule has 1 N–H and O–H groups in total. The number of nitrogens with one attached hydrogen (secondary N) is 1. The van der Waals surface area contributed by atoms with E-state index in [0.29, 0.717) is 32.3 Å². The monoisotopic (exact) mass is 319 g/mol. The molecule has 0 unspecified atom stereocenters. The van der Waals surface area contributed by atoms with Crippen molar-refractivity contribution in [1.82, 2.24) is 4.98 Å². The molecule has 5 heteroatoms. The van der Waals surface area contributed by atoms with Gasteiger partial charge in [0.2, 0.25) is 0 Å². The van der Waals surface area contributed by atoms with E-state index in [-0.39, 0.29) is 5.78 Å². The van der Waals surface area contributed by atoms with Crippen LogP contribution in [0.5, 0.6) is 5.75 Å². The topological polar surface area (TPSA) is 42.1 Å². The molecule has 2 aromatic carbocycles. The van der Waals surface area contributed by atoms with Crippen LogP contribution in [-0.4, -0.2) is 17.9 Å². The third kappa shape index (κ3) is 2.39. The number of carbonyl (C=O) groups excluding carboxylic acids is 1. The average molecular weight is 320 g/mol. The minimum absolute atomic E-state index is 0.186. The highest BCUT2D eigenvalue weighted by Crippen LogP contribution is 2.31. The standard InChI is InChI=1S/C16H11Cl2NO2/c1-21-14-6-5-9(17)7-10(14)16(20)11-8-19-13-4-2-3-12(18)15(11)13/h2-8,19H,1H3. The van der Waals surface area contributed by atoms with Crippen LogP contribution in [0.1, 0.15) is 15.9 Å². The number of rotatable bonds is 3. The van der Waals surface area contributed by atoms with Gasteiger partial charge in [0.1, 0.15) is 5.75 Å². The van der Waals surface area contributed by atoms with Gasteiger partial charge in [0, 0.05) is 27.7 Å². The fourth-order valence-electron chi connectivity index (χ4n) is 2.32.